The van der Waals surface area contributed by atoms with Gasteiger partial charge in [0.05, 0.1) is 13.1 Å². The lowest BCUT2D eigenvalue weighted by atomic mass is 10.1. The molecule has 0 aliphatic rings. The Hall–Kier alpha value is -2.08. The maximum atomic E-state index is 12.0. The molecule has 138 valence electrons. The van der Waals surface area contributed by atoms with Gasteiger partial charge in [-0.2, -0.15) is 0 Å². The van der Waals surface area contributed by atoms with Gasteiger partial charge in [0.25, 0.3) is 0 Å². The summed E-state index contributed by atoms with van der Waals surface area (Å²) >= 11 is 11.9. The molecule has 0 fully saturated rings. The lowest BCUT2D eigenvalue weighted by Gasteiger charge is -2.14. The quantitative estimate of drug-likeness (QED) is 0.671. The molecule has 7 heteroatoms. The van der Waals surface area contributed by atoms with Gasteiger partial charge in [-0.05, 0) is 49.2 Å². The van der Waals surface area contributed by atoms with E-state index in [9.17, 15) is 9.59 Å². The summed E-state index contributed by atoms with van der Waals surface area (Å²) in [5.41, 5.74) is 2.44. The third-order valence-electron chi connectivity index (χ3n) is 3.93. The Morgan fingerprint density at radius 3 is 2.38 bits per heavy atom. The van der Waals surface area contributed by atoms with Gasteiger partial charge in [0, 0.05) is 21.8 Å². The van der Waals surface area contributed by atoms with E-state index >= 15 is 0 Å². The van der Waals surface area contributed by atoms with Crippen molar-refractivity contribution in [2.24, 2.45) is 0 Å². The summed E-state index contributed by atoms with van der Waals surface area (Å²) in [6.45, 7) is 3.76. The van der Waals surface area contributed by atoms with Crippen molar-refractivity contribution in [3.8, 4) is 0 Å². The number of benzene rings is 2. The van der Waals surface area contributed by atoms with Crippen LogP contribution in [0.15, 0.2) is 42.5 Å². The van der Waals surface area contributed by atoms with Crippen molar-refractivity contribution in [1.29, 1.82) is 0 Å². The highest BCUT2D eigenvalue weighted by molar-refractivity contribution is 6.31. The highest BCUT2D eigenvalue weighted by Crippen LogP contribution is 2.22. The minimum absolute atomic E-state index is 0.0130. The van der Waals surface area contributed by atoms with Gasteiger partial charge in [0.1, 0.15) is 0 Å². The Morgan fingerprint density at radius 1 is 1.00 bits per heavy atom. The Labute approximate surface area is 163 Å². The summed E-state index contributed by atoms with van der Waals surface area (Å²) in [4.78, 5) is 23.9. The van der Waals surface area contributed by atoms with Gasteiger partial charge in [0.15, 0.2) is 0 Å². The fourth-order valence-electron chi connectivity index (χ4n) is 2.29. The number of hydrogen-bond donors (Lipinski definition) is 3. The molecule has 3 N–H and O–H groups in total. The van der Waals surface area contributed by atoms with Crippen molar-refractivity contribution in [2.75, 3.05) is 18.4 Å². The third kappa shape index (κ3) is 6.02. The smallest absolute Gasteiger partial charge is 0.243 e. The normalized spacial score (nSPS) is 11.7. The minimum atomic E-state index is -0.311. The van der Waals surface area contributed by atoms with Crippen molar-refractivity contribution in [1.82, 2.24) is 10.6 Å². The number of anilines is 1. The molecule has 2 amide bonds. The first kappa shape index (κ1) is 20.2. The molecule has 5 nitrogen and oxygen atoms in total. The molecular formula is C19H21Cl2N3O2. The molecule has 0 saturated heterocycles. The van der Waals surface area contributed by atoms with Crippen molar-refractivity contribution in [3.05, 3.63) is 63.6 Å². The molecule has 2 rings (SSSR count). The standard InChI is InChI=1S/C19H21Cl2N3O2/c1-12-16(21)4-3-5-17(12)24-19(26)11-23-18(25)10-22-13(2)14-6-8-15(20)9-7-14/h3-9,13,22H,10-11H2,1-2H3,(H,23,25)(H,24,26)/t13-/m1/s1. The minimum Gasteiger partial charge on any atom is -0.346 e. The highest BCUT2D eigenvalue weighted by Gasteiger charge is 2.10. The topological polar surface area (TPSA) is 70.2 Å². The summed E-state index contributed by atoms with van der Waals surface area (Å²) < 4.78 is 0. The molecule has 0 spiro atoms. The van der Waals surface area contributed by atoms with Gasteiger partial charge in [0.2, 0.25) is 11.8 Å². The van der Waals surface area contributed by atoms with Crippen LogP contribution >= 0.6 is 23.2 Å². The Kier molecular flexibility index (Phi) is 7.45. The number of amides is 2. The van der Waals surface area contributed by atoms with Gasteiger partial charge in [-0.25, -0.2) is 0 Å². The van der Waals surface area contributed by atoms with E-state index < -0.39 is 0 Å². The summed E-state index contributed by atoms with van der Waals surface area (Å²) in [5.74, 6) is -0.571. The van der Waals surface area contributed by atoms with Gasteiger partial charge < -0.3 is 16.0 Å². The van der Waals surface area contributed by atoms with Crippen molar-refractivity contribution in [3.63, 3.8) is 0 Å². The maximum Gasteiger partial charge on any atom is 0.243 e. The van der Waals surface area contributed by atoms with Crippen LogP contribution in [-0.4, -0.2) is 24.9 Å². The fourth-order valence-corrected chi connectivity index (χ4v) is 2.59. The first-order chi connectivity index (χ1) is 12.4. The largest absolute Gasteiger partial charge is 0.346 e. The van der Waals surface area contributed by atoms with E-state index in [1.54, 1.807) is 30.3 Å². The fraction of sp³-hybridized carbons (Fsp3) is 0.263. The molecular weight excluding hydrogens is 373 g/mol. The predicted molar refractivity (Wildman–Crippen MR) is 106 cm³/mol. The molecule has 0 aliphatic carbocycles. The first-order valence-corrected chi connectivity index (χ1v) is 8.93. The SMILES string of the molecule is Cc1c(Cl)cccc1NC(=O)CNC(=O)CN[C@H](C)c1ccc(Cl)cc1. The Bertz CT molecular complexity index is 779. The van der Waals surface area contributed by atoms with Gasteiger partial charge >= 0.3 is 0 Å². The number of carbonyl (C=O) groups excluding carboxylic acids is 2. The lowest BCUT2D eigenvalue weighted by Crippen LogP contribution is -2.39. The lowest BCUT2D eigenvalue weighted by molar-refractivity contribution is -0.123. The van der Waals surface area contributed by atoms with Crippen LogP contribution in [-0.2, 0) is 9.59 Å². The van der Waals surface area contributed by atoms with E-state index in [0.29, 0.717) is 15.7 Å². The van der Waals surface area contributed by atoms with Crippen molar-refractivity contribution < 1.29 is 9.59 Å². The van der Waals surface area contributed by atoms with Crippen LogP contribution in [0.25, 0.3) is 0 Å². The van der Waals surface area contributed by atoms with Crippen LogP contribution in [0.5, 0.6) is 0 Å². The molecule has 0 unspecified atom stereocenters. The summed E-state index contributed by atoms with van der Waals surface area (Å²) in [5, 5.41) is 9.66. The number of rotatable bonds is 7. The van der Waals surface area contributed by atoms with E-state index in [4.69, 9.17) is 23.2 Å². The summed E-state index contributed by atoms with van der Waals surface area (Å²) in [6, 6.07) is 12.7. The first-order valence-electron chi connectivity index (χ1n) is 8.17. The van der Waals surface area contributed by atoms with Crippen molar-refractivity contribution in [2.45, 2.75) is 19.9 Å². The second kappa shape index (κ2) is 9.57. The molecule has 26 heavy (non-hydrogen) atoms. The average Bonchev–Trinajstić information content (AvgIpc) is 2.62. The Morgan fingerprint density at radius 2 is 1.69 bits per heavy atom. The monoisotopic (exact) mass is 393 g/mol. The number of nitrogens with one attached hydrogen (secondary N) is 3. The second-order valence-electron chi connectivity index (χ2n) is 5.89. The van der Waals surface area contributed by atoms with Crippen molar-refractivity contribution >= 4 is 40.7 Å². The van der Waals surface area contributed by atoms with Gasteiger partial charge in [-0.15, -0.1) is 0 Å². The molecule has 0 radical (unpaired) electrons. The summed E-state index contributed by atoms with van der Waals surface area (Å²) in [6.07, 6.45) is 0. The zero-order valence-electron chi connectivity index (χ0n) is 14.6. The average molecular weight is 394 g/mol. The van der Waals surface area contributed by atoms with E-state index in [1.165, 1.54) is 0 Å². The van der Waals surface area contributed by atoms with E-state index in [1.807, 2.05) is 26.0 Å². The molecule has 0 saturated carbocycles. The molecule has 2 aromatic carbocycles. The van der Waals surface area contributed by atoms with Crippen LogP contribution in [0.3, 0.4) is 0 Å². The van der Waals surface area contributed by atoms with Gasteiger partial charge in [-0.1, -0.05) is 41.4 Å². The maximum absolute atomic E-state index is 12.0. The predicted octanol–water partition coefficient (Wildman–Crippen LogP) is 3.71. The Balaban J connectivity index is 1.75. The van der Waals surface area contributed by atoms with Crippen LogP contribution in [0.4, 0.5) is 5.69 Å². The molecule has 0 aliphatic heterocycles. The number of halogens is 2. The molecule has 1 atom stereocenters. The zero-order chi connectivity index (χ0) is 19.1. The van der Waals surface area contributed by atoms with Gasteiger partial charge in [-0.3, -0.25) is 9.59 Å². The second-order valence-corrected chi connectivity index (χ2v) is 6.74. The molecule has 0 aromatic heterocycles. The number of hydrogen-bond acceptors (Lipinski definition) is 3. The molecule has 0 bridgehead atoms. The van der Waals surface area contributed by atoms with Crippen LogP contribution in [0.2, 0.25) is 10.0 Å². The van der Waals surface area contributed by atoms with E-state index in [2.05, 4.69) is 16.0 Å². The van der Waals surface area contributed by atoms with Crippen LogP contribution in [0, 0.1) is 6.92 Å². The number of carbonyl (C=O) groups is 2. The molecule has 2 aromatic rings. The highest BCUT2D eigenvalue weighted by atomic mass is 35.5. The zero-order valence-corrected chi connectivity index (χ0v) is 16.1. The van der Waals surface area contributed by atoms with E-state index in [-0.39, 0.29) is 30.9 Å². The third-order valence-corrected chi connectivity index (χ3v) is 4.59. The summed E-state index contributed by atoms with van der Waals surface area (Å²) in [7, 11) is 0. The van der Waals surface area contributed by atoms with E-state index in [0.717, 1.165) is 11.1 Å². The van der Waals surface area contributed by atoms with Crippen LogP contribution < -0.4 is 16.0 Å². The van der Waals surface area contributed by atoms with Crippen LogP contribution in [0.1, 0.15) is 24.1 Å². The molecule has 0 heterocycles.